The first-order chi connectivity index (χ1) is 14.7. The molecule has 3 aromatic rings. The quantitative estimate of drug-likeness (QED) is 0.380. The van der Waals surface area contributed by atoms with E-state index < -0.39 is 8.60 Å². The van der Waals surface area contributed by atoms with Gasteiger partial charge in [-0.3, -0.25) is 9.59 Å². The molecule has 0 aromatic heterocycles. The van der Waals surface area contributed by atoms with Gasteiger partial charge in [-0.05, 0) is 60.7 Å². The third kappa shape index (κ3) is 7.38. The molecule has 0 aliphatic heterocycles. The van der Waals surface area contributed by atoms with Crippen molar-refractivity contribution in [3.63, 3.8) is 0 Å². The fraction of sp³-hybridized carbons (Fsp3) is 0. The van der Waals surface area contributed by atoms with Crippen molar-refractivity contribution in [1.29, 1.82) is 0 Å². The van der Waals surface area contributed by atoms with Gasteiger partial charge in [0.25, 0.3) is 0 Å². The molecule has 0 spiro atoms. The molecule has 150 valence electrons. The summed E-state index contributed by atoms with van der Waals surface area (Å²) in [7, 11) is -1.59. The molecule has 0 saturated heterocycles. The molecule has 0 N–H and O–H groups in total. The van der Waals surface area contributed by atoms with Gasteiger partial charge in [0.1, 0.15) is 17.2 Å². The SMILES string of the molecule is O=C1C=CC(=O)C=C1.c1ccc(OP(Oc2ccccc2)Oc2ccccc2)cc1. The molecule has 3 aromatic carbocycles. The molecule has 0 atom stereocenters. The summed E-state index contributed by atoms with van der Waals surface area (Å²) < 4.78 is 17.5. The highest BCUT2D eigenvalue weighted by atomic mass is 31.2. The molecule has 30 heavy (non-hydrogen) atoms. The second-order valence-electron chi connectivity index (χ2n) is 5.91. The zero-order valence-electron chi connectivity index (χ0n) is 16.0. The van der Waals surface area contributed by atoms with Gasteiger partial charge < -0.3 is 13.6 Å². The average molecular weight is 418 g/mol. The Hall–Kier alpha value is -3.69. The van der Waals surface area contributed by atoms with E-state index >= 15 is 0 Å². The van der Waals surface area contributed by atoms with Crippen LogP contribution in [0.1, 0.15) is 0 Å². The van der Waals surface area contributed by atoms with Crippen molar-refractivity contribution < 1.29 is 23.2 Å². The van der Waals surface area contributed by atoms with E-state index in [0.717, 1.165) is 0 Å². The predicted octanol–water partition coefficient (Wildman–Crippen LogP) is 5.70. The zero-order valence-corrected chi connectivity index (χ0v) is 16.9. The van der Waals surface area contributed by atoms with Crippen LogP contribution < -0.4 is 13.6 Å². The summed E-state index contributed by atoms with van der Waals surface area (Å²) in [6.07, 6.45) is 5.01. The number of benzene rings is 3. The van der Waals surface area contributed by atoms with Crippen LogP contribution in [0.2, 0.25) is 0 Å². The molecule has 0 saturated carbocycles. The number of ketones is 2. The highest BCUT2D eigenvalue weighted by molar-refractivity contribution is 7.43. The van der Waals surface area contributed by atoms with E-state index in [0.29, 0.717) is 17.2 Å². The predicted molar refractivity (Wildman–Crippen MR) is 116 cm³/mol. The minimum atomic E-state index is -1.59. The van der Waals surface area contributed by atoms with E-state index in [4.69, 9.17) is 13.6 Å². The Balaban J connectivity index is 0.000000269. The first kappa shape index (κ1) is 21.0. The van der Waals surface area contributed by atoms with Gasteiger partial charge in [-0.1, -0.05) is 54.6 Å². The molecule has 4 rings (SSSR count). The summed E-state index contributed by atoms with van der Waals surface area (Å²) in [4.78, 5) is 20.6. The number of para-hydroxylation sites is 3. The Kier molecular flexibility index (Phi) is 7.95. The number of carbonyl (C=O) groups excluding carboxylic acids is 2. The van der Waals surface area contributed by atoms with Gasteiger partial charge in [0.15, 0.2) is 11.6 Å². The van der Waals surface area contributed by atoms with Crippen LogP contribution >= 0.6 is 8.60 Å². The lowest BCUT2D eigenvalue weighted by Crippen LogP contribution is -2.02. The number of allylic oxidation sites excluding steroid dienone is 4. The van der Waals surface area contributed by atoms with E-state index in [9.17, 15) is 9.59 Å². The maximum absolute atomic E-state index is 10.3. The van der Waals surface area contributed by atoms with Gasteiger partial charge in [-0.25, -0.2) is 0 Å². The second-order valence-corrected chi connectivity index (χ2v) is 6.90. The van der Waals surface area contributed by atoms with Gasteiger partial charge >= 0.3 is 8.60 Å². The third-order valence-corrected chi connectivity index (χ3v) is 4.67. The molecule has 6 heteroatoms. The average Bonchev–Trinajstić information content (AvgIpc) is 2.78. The van der Waals surface area contributed by atoms with Crippen molar-refractivity contribution in [3.05, 3.63) is 115 Å². The molecule has 0 radical (unpaired) electrons. The number of carbonyl (C=O) groups is 2. The zero-order chi connectivity index (χ0) is 21.0. The summed E-state index contributed by atoms with van der Waals surface area (Å²) in [5.41, 5.74) is 0. The van der Waals surface area contributed by atoms with Gasteiger partial charge in [0.05, 0.1) is 0 Å². The number of hydrogen-bond acceptors (Lipinski definition) is 5. The van der Waals surface area contributed by atoms with Crippen LogP contribution in [0.3, 0.4) is 0 Å². The van der Waals surface area contributed by atoms with Crippen LogP contribution in [-0.2, 0) is 9.59 Å². The summed E-state index contributed by atoms with van der Waals surface area (Å²) in [6, 6.07) is 28.5. The Morgan fingerprint density at radius 1 is 0.433 bits per heavy atom. The Labute approximate surface area is 176 Å². The van der Waals surface area contributed by atoms with E-state index in [1.54, 1.807) is 0 Å². The normalized spacial score (nSPS) is 12.2. The summed E-state index contributed by atoms with van der Waals surface area (Å²) >= 11 is 0. The van der Waals surface area contributed by atoms with Crippen molar-refractivity contribution in [1.82, 2.24) is 0 Å². The molecule has 1 aliphatic carbocycles. The highest BCUT2D eigenvalue weighted by Gasteiger charge is 2.19. The third-order valence-electron chi connectivity index (χ3n) is 3.59. The highest BCUT2D eigenvalue weighted by Crippen LogP contribution is 2.41. The van der Waals surface area contributed by atoms with Crippen molar-refractivity contribution in [2.75, 3.05) is 0 Å². The van der Waals surface area contributed by atoms with Crippen LogP contribution in [0.25, 0.3) is 0 Å². The Morgan fingerprint density at radius 3 is 0.967 bits per heavy atom. The van der Waals surface area contributed by atoms with Crippen molar-refractivity contribution >= 4 is 20.2 Å². The molecule has 0 bridgehead atoms. The van der Waals surface area contributed by atoms with E-state index in [2.05, 4.69) is 0 Å². The minimum Gasteiger partial charge on any atom is -0.409 e. The molecular weight excluding hydrogens is 399 g/mol. The smallest absolute Gasteiger partial charge is 0.409 e. The molecule has 0 unspecified atom stereocenters. The minimum absolute atomic E-state index is 0.121. The molecular formula is C24H19O5P. The first-order valence-electron chi connectivity index (χ1n) is 9.12. The number of rotatable bonds is 6. The van der Waals surface area contributed by atoms with Gasteiger partial charge in [0, 0.05) is 0 Å². The Morgan fingerprint density at radius 2 is 0.700 bits per heavy atom. The van der Waals surface area contributed by atoms with Crippen molar-refractivity contribution in [2.45, 2.75) is 0 Å². The maximum Gasteiger partial charge on any atom is 0.530 e. The van der Waals surface area contributed by atoms with Gasteiger partial charge in [-0.15, -0.1) is 0 Å². The Bertz CT molecular complexity index is 865. The van der Waals surface area contributed by atoms with Crippen LogP contribution in [0.15, 0.2) is 115 Å². The monoisotopic (exact) mass is 418 g/mol. The fourth-order valence-corrected chi connectivity index (χ4v) is 3.19. The lowest BCUT2D eigenvalue weighted by Gasteiger charge is -2.17. The topological polar surface area (TPSA) is 61.8 Å². The largest absolute Gasteiger partial charge is 0.530 e. The van der Waals surface area contributed by atoms with E-state index in [-0.39, 0.29) is 11.6 Å². The van der Waals surface area contributed by atoms with Crippen LogP contribution in [0.4, 0.5) is 0 Å². The first-order valence-corrected chi connectivity index (χ1v) is 10.2. The summed E-state index contributed by atoms with van der Waals surface area (Å²) in [5, 5.41) is 0. The molecule has 5 nitrogen and oxygen atoms in total. The van der Waals surface area contributed by atoms with Crippen molar-refractivity contribution in [3.8, 4) is 17.2 Å². The van der Waals surface area contributed by atoms with Crippen LogP contribution in [0, 0.1) is 0 Å². The van der Waals surface area contributed by atoms with E-state index in [1.165, 1.54) is 24.3 Å². The maximum atomic E-state index is 10.3. The fourth-order valence-electron chi connectivity index (χ4n) is 2.20. The lowest BCUT2D eigenvalue weighted by atomic mass is 10.2. The molecule has 0 amide bonds. The summed E-state index contributed by atoms with van der Waals surface area (Å²) in [6.45, 7) is 0. The van der Waals surface area contributed by atoms with Gasteiger partial charge in [0.2, 0.25) is 0 Å². The van der Waals surface area contributed by atoms with Crippen LogP contribution in [-0.4, -0.2) is 11.6 Å². The second kappa shape index (κ2) is 11.3. The molecule has 1 aliphatic rings. The lowest BCUT2D eigenvalue weighted by molar-refractivity contribution is -0.113. The van der Waals surface area contributed by atoms with E-state index in [1.807, 2.05) is 91.0 Å². The molecule has 0 heterocycles. The van der Waals surface area contributed by atoms with Gasteiger partial charge in [-0.2, -0.15) is 0 Å². The van der Waals surface area contributed by atoms with Crippen LogP contribution in [0.5, 0.6) is 17.2 Å². The summed E-state index contributed by atoms with van der Waals surface area (Å²) in [5.74, 6) is 1.88. The number of hydrogen-bond donors (Lipinski definition) is 0. The van der Waals surface area contributed by atoms with Crippen molar-refractivity contribution in [2.24, 2.45) is 0 Å². The molecule has 0 fully saturated rings. The standard InChI is InChI=1S/C18H15O3P.C6H4O2/c1-4-10-16(11-5-1)19-22(20-17-12-6-2-7-13-17)21-18-14-8-3-9-15-18;7-5-1-2-6(8)4-3-5/h1-15H;1-4H.